The third-order valence-corrected chi connectivity index (χ3v) is 4.37. The van der Waals surface area contributed by atoms with Gasteiger partial charge in [-0.2, -0.15) is 0 Å². The number of hydrogen-bond donors (Lipinski definition) is 0. The third kappa shape index (κ3) is 2.78. The predicted molar refractivity (Wildman–Crippen MR) is 59.8 cm³/mol. The SMILES string of the molecule is CCS(=O)(=O)Cc1c(Br)ccnc1C. The Morgan fingerprint density at radius 2 is 2.14 bits per heavy atom. The highest BCUT2D eigenvalue weighted by molar-refractivity contribution is 9.10. The molecule has 3 nitrogen and oxygen atoms in total. The van der Waals surface area contributed by atoms with Gasteiger partial charge in [0.05, 0.1) is 5.75 Å². The second kappa shape index (κ2) is 4.40. The van der Waals surface area contributed by atoms with E-state index in [9.17, 15) is 8.42 Å². The van der Waals surface area contributed by atoms with Gasteiger partial charge in [0.2, 0.25) is 0 Å². The molecule has 78 valence electrons. The van der Waals surface area contributed by atoms with Crippen molar-refractivity contribution < 1.29 is 8.42 Å². The molecule has 0 saturated heterocycles. The molecule has 0 radical (unpaired) electrons. The molecule has 1 heterocycles. The molecule has 1 aromatic rings. The van der Waals surface area contributed by atoms with E-state index in [1.807, 2.05) is 6.92 Å². The summed E-state index contributed by atoms with van der Waals surface area (Å²) in [5.74, 6) is 0.220. The van der Waals surface area contributed by atoms with Crippen LogP contribution < -0.4 is 0 Å². The minimum Gasteiger partial charge on any atom is -0.261 e. The Kier molecular flexibility index (Phi) is 3.66. The number of nitrogens with zero attached hydrogens (tertiary/aromatic N) is 1. The highest BCUT2D eigenvalue weighted by atomic mass is 79.9. The van der Waals surface area contributed by atoms with Crippen molar-refractivity contribution in [3.63, 3.8) is 0 Å². The van der Waals surface area contributed by atoms with Gasteiger partial charge in [-0.3, -0.25) is 4.98 Å². The van der Waals surface area contributed by atoms with E-state index in [2.05, 4.69) is 20.9 Å². The molecular formula is C9H12BrNO2S. The second-order valence-corrected chi connectivity index (χ2v) is 6.24. The van der Waals surface area contributed by atoms with Crippen LogP contribution in [0.3, 0.4) is 0 Å². The van der Waals surface area contributed by atoms with E-state index in [1.54, 1.807) is 19.2 Å². The monoisotopic (exact) mass is 277 g/mol. The molecular weight excluding hydrogens is 266 g/mol. The van der Waals surface area contributed by atoms with Gasteiger partial charge in [0.25, 0.3) is 0 Å². The van der Waals surface area contributed by atoms with Crippen LogP contribution in [0.25, 0.3) is 0 Å². The fourth-order valence-electron chi connectivity index (χ4n) is 1.06. The van der Waals surface area contributed by atoms with Gasteiger partial charge in [0.1, 0.15) is 0 Å². The van der Waals surface area contributed by atoms with Crippen LogP contribution >= 0.6 is 15.9 Å². The lowest BCUT2D eigenvalue weighted by Gasteiger charge is -2.06. The zero-order valence-corrected chi connectivity index (χ0v) is 10.5. The fourth-order valence-corrected chi connectivity index (χ4v) is 2.80. The first kappa shape index (κ1) is 11.7. The van der Waals surface area contributed by atoms with E-state index in [0.29, 0.717) is 0 Å². The van der Waals surface area contributed by atoms with Crippen molar-refractivity contribution in [1.82, 2.24) is 4.98 Å². The molecule has 5 heteroatoms. The van der Waals surface area contributed by atoms with Crippen molar-refractivity contribution >= 4 is 25.8 Å². The molecule has 0 aromatic carbocycles. The zero-order chi connectivity index (χ0) is 10.8. The molecule has 1 aromatic heterocycles. The van der Waals surface area contributed by atoms with Crippen LogP contribution in [-0.4, -0.2) is 19.2 Å². The summed E-state index contributed by atoms with van der Waals surface area (Å²) in [6.07, 6.45) is 1.65. The van der Waals surface area contributed by atoms with Gasteiger partial charge in [0.15, 0.2) is 9.84 Å². The Bertz CT molecular complexity index is 408. The lowest BCUT2D eigenvalue weighted by Crippen LogP contribution is -2.08. The van der Waals surface area contributed by atoms with Crippen LogP contribution in [0.15, 0.2) is 16.7 Å². The van der Waals surface area contributed by atoms with E-state index >= 15 is 0 Å². The second-order valence-electron chi connectivity index (χ2n) is 3.03. The van der Waals surface area contributed by atoms with Crippen LogP contribution in [0.5, 0.6) is 0 Å². The van der Waals surface area contributed by atoms with Gasteiger partial charge in [-0.05, 0) is 13.0 Å². The first-order valence-electron chi connectivity index (χ1n) is 4.26. The Morgan fingerprint density at radius 1 is 1.50 bits per heavy atom. The topological polar surface area (TPSA) is 47.0 Å². The van der Waals surface area contributed by atoms with E-state index in [1.165, 1.54) is 0 Å². The molecule has 0 aliphatic rings. The molecule has 14 heavy (non-hydrogen) atoms. The van der Waals surface area contributed by atoms with E-state index in [0.717, 1.165) is 15.7 Å². The average molecular weight is 278 g/mol. The van der Waals surface area contributed by atoms with Gasteiger partial charge in [-0.25, -0.2) is 8.42 Å². The van der Waals surface area contributed by atoms with Gasteiger partial charge >= 0.3 is 0 Å². The number of aromatic nitrogens is 1. The maximum Gasteiger partial charge on any atom is 0.154 e. The minimum atomic E-state index is -2.99. The first-order chi connectivity index (χ1) is 6.46. The Hall–Kier alpha value is -0.420. The molecule has 0 atom stereocenters. The molecule has 0 bridgehead atoms. The van der Waals surface area contributed by atoms with Crippen molar-refractivity contribution in [2.75, 3.05) is 5.75 Å². The van der Waals surface area contributed by atoms with E-state index < -0.39 is 9.84 Å². The standard InChI is InChI=1S/C9H12BrNO2S/c1-3-14(12,13)6-8-7(2)11-5-4-9(8)10/h4-5H,3,6H2,1-2H3. The van der Waals surface area contributed by atoms with Crippen LogP contribution in [0, 0.1) is 6.92 Å². The number of hydrogen-bond acceptors (Lipinski definition) is 3. The number of halogens is 1. The van der Waals surface area contributed by atoms with Gasteiger partial charge in [0, 0.05) is 27.7 Å². The highest BCUT2D eigenvalue weighted by Crippen LogP contribution is 2.20. The molecule has 0 saturated carbocycles. The van der Waals surface area contributed by atoms with Crippen LogP contribution in [-0.2, 0) is 15.6 Å². The summed E-state index contributed by atoms with van der Waals surface area (Å²) in [6.45, 7) is 3.46. The van der Waals surface area contributed by atoms with Crippen molar-refractivity contribution in [2.24, 2.45) is 0 Å². The quantitative estimate of drug-likeness (QED) is 0.850. The summed E-state index contributed by atoms with van der Waals surface area (Å²) in [5, 5.41) is 0. The van der Waals surface area contributed by atoms with Crippen LogP contribution in [0.1, 0.15) is 18.2 Å². The number of pyridine rings is 1. The van der Waals surface area contributed by atoms with Crippen molar-refractivity contribution in [3.8, 4) is 0 Å². The van der Waals surface area contributed by atoms with Crippen LogP contribution in [0.4, 0.5) is 0 Å². The molecule has 0 aliphatic heterocycles. The molecule has 0 spiro atoms. The lowest BCUT2D eigenvalue weighted by molar-refractivity contribution is 0.596. The predicted octanol–water partition coefficient (Wildman–Crippen LogP) is 2.09. The Balaban J connectivity index is 3.09. The lowest BCUT2D eigenvalue weighted by atomic mass is 10.2. The molecule has 0 unspecified atom stereocenters. The smallest absolute Gasteiger partial charge is 0.154 e. The first-order valence-corrected chi connectivity index (χ1v) is 6.88. The summed E-state index contributed by atoms with van der Waals surface area (Å²) >= 11 is 3.32. The normalized spacial score (nSPS) is 11.6. The summed E-state index contributed by atoms with van der Waals surface area (Å²) in [7, 11) is -2.99. The third-order valence-electron chi connectivity index (χ3n) is 2.02. The Morgan fingerprint density at radius 3 is 2.64 bits per heavy atom. The maximum atomic E-state index is 11.4. The summed E-state index contributed by atoms with van der Waals surface area (Å²) in [6, 6.07) is 1.76. The van der Waals surface area contributed by atoms with Crippen molar-refractivity contribution in [2.45, 2.75) is 19.6 Å². The average Bonchev–Trinajstić information content (AvgIpc) is 2.12. The van der Waals surface area contributed by atoms with Gasteiger partial charge < -0.3 is 0 Å². The van der Waals surface area contributed by atoms with E-state index in [-0.39, 0.29) is 11.5 Å². The number of aryl methyl sites for hydroxylation is 1. The number of sulfone groups is 1. The van der Waals surface area contributed by atoms with E-state index in [4.69, 9.17) is 0 Å². The summed E-state index contributed by atoms with van der Waals surface area (Å²) in [5.41, 5.74) is 1.52. The van der Waals surface area contributed by atoms with Gasteiger partial charge in [-0.15, -0.1) is 0 Å². The molecule has 0 amide bonds. The fraction of sp³-hybridized carbons (Fsp3) is 0.444. The number of rotatable bonds is 3. The molecule has 0 fully saturated rings. The molecule has 1 rings (SSSR count). The Labute approximate surface area is 92.6 Å². The summed E-state index contributed by atoms with van der Waals surface area (Å²) < 4.78 is 23.7. The van der Waals surface area contributed by atoms with Gasteiger partial charge in [-0.1, -0.05) is 22.9 Å². The zero-order valence-electron chi connectivity index (χ0n) is 8.12. The van der Waals surface area contributed by atoms with Crippen molar-refractivity contribution in [1.29, 1.82) is 0 Å². The largest absolute Gasteiger partial charge is 0.261 e. The highest BCUT2D eigenvalue weighted by Gasteiger charge is 2.13. The van der Waals surface area contributed by atoms with Crippen LogP contribution in [0.2, 0.25) is 0 Å². The summed E-state index contributed by atoms with van der Waals surface area (Å²) in [4.78, 5) is 4.06. The molecule has 0 aliphatic carbocycles. The van der Waals surface area contributed by atoms with Crippen molar-refractivity contribution in [3.05, 3.63) is 28.0 Å². The maximum absolute atomic E-state index is 11.4. The minimum absolute atomic E-state index is 0.0593. The molecule has 0 N–H and O–H groups in total.